The van der Waals surface area contributed by atoms with Gasteiger partial charge in [0.05, 0.1) is 17.8 Å². The predicted octanol–water partition coefficient (Wildman–Crippen LogP) is 3.46. The van der Waals surface area contributed by atoms with Gasteiger partial charge in [-0.15, -0.1) is 0 Å². The molecule has 2 aromatic heterocycles. The lowest BCUT2D eigenvalue weighted by molar-refractivity contribution is -0.131. The molecule has 1 aliphatic heterocycles. The molecule has 1 N–H and O–H groups in total. The molecule has 26 heavy (non-hydrogen) atoms. The summed E-state index contributed by atoms with van der Waals surface area (Å²) in [6, 6.07) is 7.59. The number of aromatic nitrogens is 3. The van der Waals surface area contributed by atoms with Crippen molar-refractivity contribution in [3.63, 3.8) is 0 Å². The van der Waals surface area contributed by atoms with Gasteiger partial charge in [0.25, 0.3) is 0 Å². The van der Waals surface area contributed by atoms with Crippen LogP contribution in [0.2, 0.25) is 5.02 Å². The molecule has 0 fully saturated rings. The van der Waals surface area contributed by atoms with Crippen molar-refractivity contribution in [3.05, 3.63) is 57.6 Å². The molecule has 0 bridgehead atoms. The number of H-pyrrole nitrogens is 1. The number of benzene rings is 1. The molecular weight excluding hydrogens is 352 g/mol. The molecule has 1 amide bonds. The van der Waals surface area contributed by atoms with Crippen LogP contribution in [0, 0.1) is 13.8 Å². The van der Waals surface area contributed by atoms with Crippen molar-refractivity contribution in [1.82, 2.24) is 20.3 Å². The molecule has 3 heterocycles. The number of halogens is 1. The first-order chi connectivity index (χ1) is 12.5. The Bertz CT molecular complexity index is 939. The van der Waals surface area contributed by atoms with Crippen molar-refractivity contribution in [2.75, 3.05) is 6.54 Å². The molecule has 1 aliphatic rings. The summed E-state index contributed by atoms with van der Waals surface area (Å²) in [5.41, 5.74) is 5.70. The fourth-order valence-electron chi connectivity index (χ4n) is 3.37. The van der Waals surface area contributed by atoms with Crippen LogP contribution >= 0.6 is 11.6 Å². The van der Waals surface area contributed by atoms with Gasteiger partial charge in [-0.05, 0) is 26.0 Å². The van der Waals surface area contributed by atoms with Crippen LogP contribution in [0.15, 0.2) is 28.8 Å². The van der Waals surface area contributed by atoms with E-state index in [9.17, 15) is 4.79 Å². The van der Waals surface area contributed by atoms with Crippen molar-refractivity contribution in [3.8, 4) is 11.3 Å². The normalized spacial score (nSPS) is 13.7. The highest BCUT2D eigenvalue weighted by Gasteiger charge is 2.26. The first kappa shape index (κ1) is 16.8. The number of carbonyl (C=O) groups is 1. The van der Waals surface area contributed by atoms with Crippen LogP contribution in [0.4, 0.5) is 0 Å². The van der Waals surface area contributed by atoms with Gasteiger partial charge in [0.1, 0.15) is 5.76 Å². The first-order valence-electron chi connectivity index (χ1n) is 8.54. The Kier molecular flexibility index (Phi) is 4.28. The van der Waals surface area contributed by atoms with E-state index in [1.807, 2.05) is 43.0 Å². The number of carbonyl (C=O) groups excluding carboxylic acids is 1. The molecule has 0 saturated carbocycles. The Hall–Kier alpha value is -2.60. The fraction of sp³-hybridized carbons (Fsp3) is 0.316. The van der Waals surface area contributed by atoms with E-state index < -0.39 is 0 Å². The third kappa shape index (κ3) is 3.01. The monoisotopic (exact) mass is 370 g/mol. The lowest BCUT2D eigenvalue weighted by atomic mass is 10.00. The average molecular weight is 371 g/mol. The third-order valence-electron chi connectivity index (χ3n) is 4.91. The van der Waals surface area contributed by atoms with Crippen molar-refractivity contribution in [1.29, 1.82) is 0 Å². The number of rotatable bonds is 3. The molecule has 0 spiro atoms. The summed E-state index contributed by atoms with van der Waals surface area (Å²) in [4.78, 5) is 14.7. The summed E-state index contributed by atoms with van der Waals surface area (Å²) >= 11 is 5.98. The highest BCUT2D eigenvalue weighted by molar-refractivity contribution is 6.30. The largest absolute Gasteiger partial charge is 0.361 e. The SMILES string of the molecule is Cc1noc(C)c1CC(=O)N1CCc2[nH]nc(-c3ccc(Cl)cc3)c2C1. The lowest BCUT2D eigenvalue weighted by Crippen LogP contribution is -2.37. The van der Waals surface area contributed by atoms with E-state index in [2.05, 4.69) is 15.4 Å². The second-order valence-corrected chi connectivity index (χ2v) is 7.02. The van der Waals surface area contributed by atoms with Crippen molar-refractivity contribution >= 4 is 17.5 Å². The van der Waals surface area contributed by atoms with E-state index in [1.165, 1.54) is 0 Å². The van der Waals surface area contributed by atoms with Crippen molar-refractivity contribution in [2.45, 2.75) is 33.2 Å². The molecule has 134 valence electrons. The number of hydrogen-bond donors (Lipinski definition) is 1. The molecule has 7 heteroatoms. The number of nitrogens with zero attached hydrogens (tertiary/aromatic N) is 3. The second-order valence-electron chi connectivity index (χ2n) is 6.58. The van der Waals surface area contributed by atoms with Gasteiger partial charge in [0.15, 0.2) is 0 Å². The third-order valence-corrected chi connectivity index (χ3v) is 5.17. The maximum absolute atomic E-state index is 12.8. The highest BCUT2D eigenvalue weighted by atomic mass is 35.5. The second kappa shape index (κ2) is 6.61. The van der Waals surface area contributed by atoms with E-state index in [-0.39, 0.29) is 5.91 Å². The minimum Gasteiger partial charge on any atom is -0.361 e. The Morgan fingerprint density at radius 2 is 2.08 bits per heavy atom. The Morgan fingerprint density at radius 1 is 1.31 bits per heavy atom. The van der Waals surface area contributed by atoms with Crippen LogP contribution in [0.1, 0.15) is 28.3 Å². The molecule has 0 atom stereocenters. The average Bonchev–Trinajstić information content (AvgIpc) is 3.20. The first-order valence-corrected chi connectivity index (χ1v) is 8.92. The maximum Gasteiger partial charge on any atom is 0.227 e. The van der Waals surface area contributed by atoms with E-state index in [0.29, 0.717) is 30.3 Å². The van der Waals surface area contributed by atoms with Gasteiger partial charge >= 0.3 is 0 Å². The number of hydrogen-bond acceptors (Lipinski definition) is 4. The topological polar surface area (TPSA) is 75.0 Å². The molecule has 6 nitrogen and oxygen atoms in total. The molecule has 0 saturated heterocycles. The van der Waals surface area contributed by atoms with Gasteiger partial charge in [-0.25, -0.2) is 0 Å². The maximum atomic E-state index is 12.8. The molecule has 0 aliphatic carbocycles. The van der Waals surface area contributed by atoms with Gasteiger partial charge in [-0.3, -0.25) is 9.89 Å². The van der Waals surface area contributed by atoms with Crippen LogP contribution in [0.25, 0.3) is 11.3 Å². The number of amides is 1. The van der Waals surface area contributed by atoms with Crippen LogP contribution in [0.5, 0.6) is 0 Å². The number of fused-ring (bicyclic) bond motifs is 1. The Balaban J connectivity index is 1.56. The molecule has 4 rings (SSSR count). The molecular formula is C19H19ClN4O2. The van der Waals surface area contributed by atoms with Crippen molar-refractivity contribution < 1.29 is 9.32 Å². The van der Waals surface area contributed by atoms with Crippen LogP contribution in [-0.2, 0) is 24.2 Å². The lowest BCUT2D eigenvalue weighted by Gasteiger charge is -2.27. The zero-order chi connectivity index (χ0) is 18.3. The zero-order valence-electron chi connectivity index (χ0n) is 14.7. The fourth-order valence-corrected chi connectivity index (χ4v) is 3.50. The molecule has 1 aromatic carbocycles. The smallest absolute Gasteiger partial charge is 0.227 e. The summed E-state index contributed by atoms with van der Waals surface area (Å²) < 4.78 is 5.17. The van der Waals surface area contributed by atoms with Crippen LogP contribution in [0.3, 0.4) is 0 Å². The van der Waals surface area contributed by atoms with E-state index in [0.717, 1.165) is 40.2 Å². The molecule has 0 unspecified atom stereocenters. The van der Waals surface area contributed by atoms with Crippen LogP contribution < -0.4 is 0 Å². The summed E-state index contributed by atoms with van der Waals surface area (Å²) in [5, 5.41) is 12.2. The van der Waals surface area contributed by atoms with E-state index in [4.69, 9.17) is 16.1 Å². The van der Waals surface area contributed by atoms with Gasteiger partial charge in [0, 0.05) is 46.9 Å². The quantitative estimate of drug-likeness (QED) is 0.766. The summed E-state index contributed by atoms with van der Waals surface area (Å²) in [6.45, 7) is 4.93. The number of aromatic amines is 1. The summed E-state index contributed by atoms with van der Waals surface area (Å²) in [6.07, 6.45) is 1.08. The van der Waals surface area contributed by atoms with Gasteiger partial charge in [0.2, 0.25) is 5.91 Å². The van der Waals surface area contributed by atoms with Gasteiger partial charge in [-0.1, -0.05) is 28.9 Å². The van der Waals surface area contributed by atoms with E-state index in [1.54, 1.807) is 0 Å². The van der Waals surface area contributed by atoms with Gasteiger partial charge < -0.3 is 9.42 Å². The minimum absolute atomic E-state index is 0.0771. The Labute approximate surface area is 156 Å². The summed E-state index contributed by atoms with van der Waals surface area (Å²) in [7, 11) is 0. The number of aryl methyl sites for hydroxylation is 2. The van der Waals surface area contributed by atoms with Crippen LogP contribution in [-0.4, -0.2) is 32.7 Å². The Morgan fingerprint density at radius 3 is 2.77 bits per heavy atom. The van der Waals surface area contributed by atoms with Gasteiger partial charge in [-0.2, -0.15) is 5.10 Å². The highest BCUT2D eigenvalue weighted by Crippen LogP contribution is 2.29. The molecule has 3 aromatic rings. The zero-order valence-corrected chi connectivity index (χ0v) is 15.4. The standard InChI is InChI=1S/C19H19ClN4O2/c1-11-15(12(2)26-23-11)9-18(25)24-8-7-17-16(10-24)19(22-21-17)13-3-5-14(20)6-4-13/h3-6H,7-10H2,1-2H3,(H,21,22). The number of nitrogens with one attached hydrogen (secondary N) is 1. The summed E-state index contributed by atoms with van der Waals surface area (Å²) in [5.74, 6) is 0.784. The van der Waals surface area contributed by atoms with E-state index >= 15 is 0 Å². The van der Waals surface area contributed by atoms with Crippen molar-refractivity contribution in [2.24, 2.45) is 0 Å². The minimum atomic E-state index is 0.0771. The predicted molar refractivity (Wildman–Crippen MR) is 97.8 cm³/mol. The molecule has 0 radical (unpaired) electrons.